The Morgan fingerprint density at radius 1 is 1.16 bits per heavy atom. The van der Waals surface area contributed by atoms with Gasteiger partial charge in [-0.25, -0.2) is 9.97 Å². The van der Waals surface area contributed by atoms with Crippen LogP contribution in [0.1, 0.15) is 51.7 Å². The van der Waals surface area contributed by atoms with Gasteiger partial charge in [0.25, 0.3) is 5.91 Å². The lowest BCUT2D eigenvalue weighted by Crippen LogP contribution is -2.27. The van der Waals surface area contributed by atoms with Crippen LogP contribution in [0, 0.1) is 6.92 Å². The first kappa shape index (κ1) is 17.1. The average Bonchev–Trinajstić information content (AvgIpc) is 3.14. The van der Waals surface area contributed by atoms with Crippen LogP contribution in [-0.4, -0.2) is 39.6 Å². The first-order valence-corrected chi connectivity index (χ1v) is 8.51. The fourth-order valence-electron chi connectivity index (χ4n) is 2.95. The Labute approximate surface area is 147 Å². The number of ketones is 1. The van der Waals surface area contributed by atoms with Gasteiger partial charge in [0.05, 0.1) is 11.3 Å². The summed E-state index contributed by atoms with van der Waals surface area (Å²) >= 11 is 0. The van der Waals surface area contributed by atoms with E-state index in [1.807, 2.05) is 29.2 Å². The molecular weight excluding hydrogens is 316 g/mol. The summed E-state index contributed by atoms with van der Waals surface area (Å²) in [5.41, 5.74) is 2.96. The third-order valence-corrected chi connectivity index (χ3v) is 4.40. The molecule has 0 bridgehead atoms. The molecule has 0 spiro atoms. The summed E-state index contributed by atoms with van der Waals surface area (Å²) in [6, 6.07) is 7.60. The molecular formula is C19H22N4O2. The lowest BCUT2D eigenvalue weighted by atomic mass is 10.1. The number of carbonyl (C=O) groups is 2. The number of hydrogen-bond acceptors (Lipinski definition) is 5. The summed E-state index contributed by atoms with van der Waals surface area (Å²) in [6.07, 6.45) is 3.73. The maximum absolute atomic E-state index is 12.3. The lowest BCUT2D eigenvalue weighted by molar-refractivity contribution is 0.0792. The lowest BCUT2D eigenvalue weighted by Gasteiger charge is -2.15. The highest BCUT2D eigenvalue weighted by Crippen LogP contribution is 2.14. The van der Waals surface area contributed by atoms with Crippen molar-refractivity contribution in [2.45, 2.75) is 33.2 Å². The molecule has 0 aliphatic carbocycles. The second-order valence-corrected chi connectivity index (χ2v) is 6.30. The topological polar surface area (TPSA) is 75.2 Å². The van der Waals surface area contributed by atoms with Gasteiger partial charge >= 0.3 is 0 Å². The van der Waals surface area contributed by atoms with Crippen molar-refractivity contribution < 1.29 is 9.59 Å². The zero-order valence-corrected chi connectivity index (χ0v) is 14.6. The van der Waals surface area contributed by atoms with Gasteiger partial charge in [-0.2, -0.15) is 0 Å². The minimum absolute atomic E-state index is 0.0395. The van der Waals surface area contributed by atoms with E-state index < -0.39 is 0 Å². The van der Waals surface area contributed by atoms with Gasteiger partial charge in [-0.15, -0.1) is 0 Å². The number of amides is 1. The molecule has 6 heteroatoms. The zero-order chi connectivity index (χ0) is 17.8. The standard InChI is InChI=1S/C19H22N4O2/c1-13-17(14(2)24)12-21-19(22-13)20-11-15-5-7-16(8-6-15)18(25)23-9-3-4-10-23/h5-8,12H,3-4,9-11H2,1-2H3,(H,20,21,22). The van der Waals surface area contributed by atoms with E-state index in [1.54, 1.807) is 13.1 Å². The molecule has 0 radical (unpaired) electrons. The smallest absolute Gasteiger partial charge is 0.253 e. The number of aryl methyl sites for hydroxylation is 1. The highest BCUT2D eigenvalue weighted by Gasteiger charge is 2.19. The second-order valence-electron chi connectivity index (χ2n) is 6.30. The summed E-state index contributed by atoms with van der Waals surface area (Å²) in [6.45, 7) is 5.56. The van der Waals surface area contributed by atoms with Crippen LogP contribution >= 0.6 is 0 Å². The van der Waals surface area contributed by atoms with E-state index in [-0.39, 0.29) is 11.7 Å². The SMILES string of the molecule is CC(=O)c1cnc(NCc2ccc(C(=O)N3CCCC3)cc2)nc1C. The molecule has 1 aromatic heterocycles. The molecule has 2 heterocycles. The number of carbonyl (C=O) groups excluding carboxylic acids is 2. The maximum Gasteiger partial charge on any atom is 0.253 e. The summed E-state index contributed by atoms with van der Waals surface area (Å²) in [4.78, 5) is 34.1. The van der Waals surface area contributed by atoms with Crippen molar-refractivity contribution in [3.05, 3.63) is 52.8 Å². The number of nitrogens with zero attached hydrogens (tertiary/aromatic N) is 3. The van der Waals surface area contributed by atoms with Gasteiger partial charge < -0.3 is 10.2 Å². The fourth-order valence-corrected chi connectivity index (χ4v) is 2.95. The predicted octanol–water partition coefficient (Wildman–Crippen LogP) is 2.84. The molecule has 0 atom stereocenters. The first-order chi connectivity index (χ1) is 12.0. The Balaban J connectivity index is 1.61. The Bertz CT molecular complexity index is 781. The van der Waals surface area contributed by atoms with Crippen LogP contribution in [0.5, 0.6) is 0 Å². The third-order valence-electron chi connectivity index (χ3n) is 4.40. The van der Waals surface area contributed by atoms with Gasteiger partial charge in [0.15, 0.2) is 5.78 Å². The number of nitrogens with one attached hydrogen (secondary N) is 1. The highest BCUT2D eigenvalue weighted by atomic mass is 16.2. The monoisotopic (exact) mass is 338 g/mol. The summed E-state index contributed by atoms with van der Waals surface area (Å²) < 4.78 is 0. The van der Waals surface area contributed by atoms with Crippen LogP contribution in [0.15, 0.2) is 30.5 Å². The van der Waals surface area contributed by atoms with Crippen molar-refractivity contribution >= 4 is 17.6 Å². The number of likely N-dealkylation sites (tertiary alicyclic amines) is 1. The van der Waals surface area contributed by atoms with Crippen molar-refractivity contribution in [3.8, 4) is 0 Å². The molecule has 1 N–H and O–H groups in total. The van der Waals surface area contributed by atoms with Crippen molar-refractivity contribution in [1.29, 1.82) is 0 Å². The summed E-state index contributed by atoms with van der Waals surface area (Å²) in [5.74, 6) is 0.554. The van der Waals surface area contributed by atoms with Crippen molar-refractivity contribution in [3.63, 3.8) is 0 Å². The van der Waals surface area contributed by atoms with Crippen LogP contribution in [0.4, 0.5) is 5.95 Å². The molecule has 1 saturated heterocycles. The van der Waals surface area contributed by atoms with Crippen molar-refractivity contribution in [2.75, 3.05) is 18.4 Å². The molecule has 6 nitrogen and oxygen atoms in total. The van der Waals surface area contributed by atoms with Gasteiger partial charge in [-0.05, 0) is 44.4 Å². The second kappa shape index (κ2) is 7.42. The molecule has 1 fully saturated rings. The van der Waals surface area contributed by atoms with E-state index in [2.05, 4.69) is 15.3 Å². The maximum atomic E-state index is 12.3. The number of hydrogen-bond donors (Lipinski definition) is 1. The Kier molecular flexibility index (Phi) is 5.07. The summed E-state index contributed by atoms with van der Waals surface area (Å²) in [5, 5.41) is 3.14. The molecule has 2 aromatic rings. The fraction of sp³-hybridized carbons (Fsp3) is 0.368. The molecule has 25 heavy (non-hydrogen) atoms. The average molecular weight is 338 g/mol. The molecule has 0 saturated carbocycles. The van der Waals surface area contributed by atoms with Crippen LogP contribution in [0.2, 0.25) is 0 Å². The molecule has 3 rings (SSSR count). The third kappa shape index (κ3) is 4.02. The van der Waals surface area contributed by atoms with Crippen molar-refractivity contribution in [1.82, 2.24) is 14.9 Å². The van der Waals surface area contributed by atoms with E-state index in [0.29, 0.717) is 23.8 Å². The van der Waals surface area contributed by atoms with Crippen LogP contribution < -0.4 is 5.32 Å². The van der Waals surface area contributed by atoms with Gasteiger partial charge in [-0.1, -0.05) is 12.1 Å². The van der Waals surface area contributed by atoms with Crippen LogP contribution in [0.3, 0.4) is 0 Å². The van der Waals surface area contributed by atoms with E-state index in [4.69, 9.17) is 0 Å². The minimum Gasteiger partial charge on any atom is -0.350 e. The summed E-state index contributed by atoms with van der Waals surface area (Å²) in [7, 11) is 0. The quantitative estimate of drug-likeness (QED) is 0.849. The molecule has 1 amide bonds. The molecule has 1 aliphatic rings. The van der Waals surface area contributed by atoms with E-state index in [1.165, 1.54) is 6.92 Å². The van der Waals surface area contributed by atoms with Crippen LogP contribution in [-0.2, 0) is 6.54 Å². The van der Waals surface area contributed by atoms with E-state index in [9.17, 15) is 9.59 Å². The van der Waals surface area contributed by atoms with E-state index >= 15 is 0 Å². The number of benzene rings is 1. The number of rotatable bonds is 5. The van der Waals surface area contributed by atoms with Gasteiger partial charge in [0, 0.05) is 31.4 Å². The Hall–Kier alpha value is -2.76. The largest absolute Gasteiger partial charge is 0.350 e. The van der Waals surface area contributed by atoms with Gasteiger partial charge in [0.2, 0.25) is 5.95 Å². The Morgan fingerprint density at radius 2 is 1.84 bits per heavy atom. The normalized spacial score (nSPS) is 13.8. The van der Waals surface area contributed by atoms with Crippen LogP contribution in [0.25, 0.3) is 0 Å². The molecule has 130 valence electrons. The van der Waals surface area contributed by atoms with E-state index in [0.717, 1.165) is 37.1 Å². The molecule has 0 unspecified atom stereocenters. The zero-order valence-electron chi connectivity index (χ0n) is 14.6. The first-order valence-electron chi connectivity index (χ1n) is 8.51. The number of Topliss-reactive ketones (excluding diaryl/α,β-unsaturated/α-hetero) is 1. The predicted molar refractivity (Wildman–Crippen MR) is 95.7 cm³/mol. The number of anilines is 1. The number of aromatic nitrogens is 2. The van der Waals surface area contributed by atoms with Gasteiger partial charge in [-0.3, -0.25) is 9.59 Å². The van der Waals surface area contributed by atoms with Gasteiger partial charge in [0.1, 0.15) is 0 Å². The molecule has 1 aliphatic heterocycles. The van der Waals surface area contributed by atoms with Crippen molar-refractivity contribution in [2.24, 2.45) is 0 Å². The minimum atomic E-state index is -0.0395. The highest BCUT2D eigenvalue weighted by molar-refractivity contribution is 5.95. The molecule has 1 aromatic carbocycles. The Morgan fingerprint density at radius 3 is 2.44 bits per heavy atom.